The Labute approximate surface area is 233 Å². The minimum Gasteiger partial charge on any atom is -0.305 e. The number of aromatic nitrogens is 2. The van der Waals surface area contributed by atoms with Crippen molar-refractivity contribution in [3.63, 3.8) is 0 Å². The number of imidazole rings is 1. The van der Waals surface area contributed by atoms with Gasteiger partial charge in [0.15, 0.2) is 4.77 Å². The molecule has 0 amide bonds. The predicted molar refractivity (Wildman–Crippen MR) is 104 cm³/mol. The zero-order valence-electron chi connectivity index (χ0n) is 19.0. The van der Waals surface area contributed by atoms with E-state index in [1.54, 1.807) is 0 Å². The lowest BCUT2D eigenvalue weighted by Crippen LogP contribution is -2.67. The summed E-state index contributed by atoms with van der Waals surface area (Å²) in [6.45, 7) is -7.54. The summed E-state index contributed by atoms with van der Waals surface area (Å²) in [5, 5.41) is -3.26. The zero-order valence-corrected chi connectivity index (χ0v) is 21.7. The molecule has 0 saturated heterocycles. The molecule has 0 bridgehead atoms. The number of alkyl halides is 21. The highest BCUT2D eigenvalue weighted by Gasteiger charge is 2.87. The Morgan fingerprint density at radius 2 is 0.738 bits per heavy atom. The van der Waals surface area contributed by atoms with Crippen molar-refractivity contribution in [1.29, 1.82) is 0 Å². The van der Waals surface area contributed by atoms with Gasteiger partial charge in [0, 0.05) is 6.92 Å². The molecule has 0 spiro atoms. The zero-order chi connectivity index (χ0) is 34.3. The Morgan fingerprint density at radius 3 is 0.976 bits per heavy atom. The van der Waals surface area contributed by atoms with Gasteiger partial charge in [-0.1, -0.05) is 0 Å². The van der Waals surface area contributed by atoms with Gasteiger partial charge in [0.05, 0.1) is 13.1 Å². The van der Waals surface area contributed by atoms with Crippen LogP contribution in [-0.4, -0.2) is 68.6 Å². The predicted octanol–water partition coefficient (Wildman–Crippen LogP) is 8.90. The van der Waals surface area contributed by atoms with E-state index >= 15 is 0 Å². The number of halogens is 21. The monoisotopic (exact) mass is 724 g/mol. The van der Waals surface area contributed by atoms with Crippen LogP contribution in [0.4, 0.5) is 92.2 Å². The van der Waals surface area contributed by atoms with Gasteiger partial charge in [0.25, 0.3) is 0 Å². The van der Waals surface area contributed by atoms with Crippen LogP contribution in [0, 0.1) is 4.77 Å². The Kier molecular flexibility index (Phi) is 9.54. The van der Waals surface area contributed by atoms with Crippen LogP contribution >= 0.6 is 37.5 Å². The Balaban J connectivity index is 3.68. The van der Waals surface area contributed by atoms with Gasteiger partial charge in [-0.15, -0.1) is 25.3 Å². The Bertz CT molecular complexity index is 1130. The standard InChI is InChI=1S/C16H9F21N2S3/c1-7(17,18)10(23,24)13(29,30)11(25,26)8(19,20)2-38-4(40)5(41)39(6(38)42)3-9(21,22)12(27,28)14(31,32)15(33,34)16(35,36)37/h40-41H,2-3H2,1H3. The van der Waals surface area contributed by atoms with E-state index in [0.29, 0.717) is 0 Å². The van der Waals surface area contributed by atoms with Gasteiger partial charge in [0.2, 0.25) is 0 Å². The second-order valence-electron chi connectivity index (χ2n) is 8.34. The summed E-state index contributed by atoms with van der Waals surface area (Å²) in [4.78, 5) is 0. The van der Waals surface area contributed by atoms with Crippen LogP contribution < -0.4 is 0 Å². The second-order valence-corrected chi connectivity index (χ2v) is 9.56. The van der Waals surface area contributed by atoms with Crippen molar-refractivity contribution in [1.82, 2.24) is 9.13 Å². The highest BCUT2D eigenvalue weighted by molar-refractivity contribution is 7.83. The lowest BCUT2D eigenvalue weighted by molar-refractivity contribution is -0.423. The van der Waals surface area contributed by atoms with Crippen molar-refractivity contribution in [2.24, 2.45) is 0 Å². The minimum atomic E-state index is -7.94. The molecule has 0 aliphatic rings. The molecule has 1 aromatic heterocycles. The highest BCUT2D eigenvalue weighted by Crippen LogP contribution is 2.59. The first-order chi connectivity index (χ1) is 17.9. The van der Waals surface area contributed by atoms with E-state index < -0.39 is 103 Å². The molecule has 0 N–H and O–H groups in total. The van der Waals surface area contributed by atoms with E-state index in [-0.39, 0.29) is 0 Å². The van der Waals surface area contributed by atoms with Crippen molar-refractivity contribution in [2.75, 3.05) is 0 Å². The summed E-state index contributed by atoms with van der Waals surface area (Å²) < 4.78 is 278. The van der Waals surface area contributed by atoms with Gasteiger partial charge >= 0.3 is 59.5 Å². The van der Waals surface area contributed by atoms with Crippen LogP contribution in [0.2, 0.25) is 0 Å². The lowest BCUT2D eigenvalue weighted by atomic mass is 9.95. The third kappa shape index (κ3) is 5.41. The van der Waals surface area contributed by atoms with Gasteiger partial charge in [-0.05, 0) is 12.2 Å². The van der Waals surface area contributed by atoms with Crippen LogP contribution in [0.1, 0.15) is 6.92 Å². The largest absolute Gasteiger partial charge is 0.460 e. The highest BCUT2D eigenvalue weighted by atomic mass is 32.1. The maximum atomic E-state index is 14.2. The summed E-state index contributed by atoms with van der Waals surface area (Å²) in [7, 11) is 0. The lowest BCUT2D eigenvalue weighted by Gasteiger charge is -2.38. The fraction of sp³-hybridized carbons (Fsp3) is 0.812. The first-order valence-corrected chi connectivity index (χ1v) is 10.9. The average Bonchev–Trinajstić information content (AvgIpc) is 2.94. The molecule has 42 heavy (non-hydrogen) atoms. The van der Waals surface area contributed by atoms with Crippen molar-refractivity contribution in [2.45, 2.75) is 89.5 Å². The summed E-state index contributed by atoms with van der Waals surface area (Å²) in [5.41, 5.74) is 0. The smallest absolute Gasteiger partial charge is 0.305 e. The quantitative estimate of drug-likeness (QED) is 0.132. The molecular formula is C16H9F21N2S3. The molecule has 2 nitrogen and oxygen atoms in total. The summed E-state index contributed by atoms with van der Waals surface area (Å²) in [6, 6.07) is 0. The number of hydrogen-bond acceptors (Lipinski definition) is 3. The summed E-state index contributed by atoms with van der Waals surface area (Å²) in [6.07, 6.45) is -7.56. The third-order valence-corrected chi connectivity index (χ3v) is 6.81. The van der Waals surface area contributed by atoms with Crippen molar-refractivity contribution in [3.05, 3.63) is 4.77 Å². The normalized spacial score (nSPS) is 15.9. The summed E-state index contributed by atoms with van der Waals surface area (Å²) in [5.74, 6) is -65.2. The molecule has 0 saturated carbocycles. The number of hydrogen-bond donors (Lipinski definition) is 2. The van der Waals surface area contributed by atoms with Crippen LogP contribution in [0.15, 0.2) is 10.1 Å². The molecule has 1 heterocycles. The third-order valence-electron chi connectivity index (χ3n) is 5.29. The average molecular weight is 724 g/mol. The van der Waals surface area contributed by atoms with Gasteiger partial charge in [0.1, 0.15) is 10.1 Å². The molecule has 0 aromatic carbocycles. The molecule has 0 atom stereocenters. The fourth-order valence-electron chi connectivity index (χ4n) is 2.76. The Hall–Kier alpha value is -1.34. The Morgan fingerprint density at radius 1 is 0.476 bits per heavy atom. The van der Waals surface area contributed by atoms with E-state index in [2.05, 4.69) is 37.5 Å². The molecule has 0 fully saturated rings. The summed E-state index contributed by atoms with van der Waals surface area (Å²) >= 11 is 10.5. The molecule has 0 aliphatic heterocycles. The number of thiol groups is 2. The SMILES string of the molecule is CC(F)(F)C(F)(F)C(F)(F)C(F)(F)C(F)(F)Cn1c(S)c(S)n(CC(F)(F)C(F)(F)C(F)(F)C(F)(F)C(F)(F)F)c1=S. The first-order valence-electron chi connectivity index (χ1n) is 9.60. The second kappa shape index (κ2) is 10.4. The maximum Gasteiger partial charge on any atom is 0.460 e. The molecule has 26 heteroatoms. The molecule has 0 radical (unpaired) electrons. The molecule has 0 aliphatic carbocycles. The van der Waals surface area contributed by atoms with Gasteiger partial charge in [-0.25, -0.2) is 0 Å². The van der Waals surface area contributed by atoms with E-state index in [1.165, 1.54) is 0 Å². The van der Waals surface area contributed by atoms with Gasteiger partial charge in [-0.3, -0.25) is 0 Å². The van der Waals surface area contributed by atoms with E-state index in [4.69, 9.17) is 0 Å². The first kappa shape index (κ1) is 38.7. The van der Waals surface area contributed by atoms with E-state index in [9.17, 15) is 92.2 Å². The number of rotatable bonds is 11. The molecule has 1 aromatic rings. The maximum absolute atomic E-state index is 14.2. The van der Waals surface area contributed by atoms with Crippen LogP contribution in [0.3, 0.4) is 0 Å². The van der Waals surface area contributed by atoms with Gasteiger partial charge < -0.3 is 9.13 Å². The van der Waals surface area contributed by atoms with Gasteiger partial charge in [-0.2, -0.15) is 92.2 Å². The van der Waals surface area contributed by atoms with E-state index in [0.717, 1.165) is 0 Å². The van der Waals surface area contributed by atoms with Crippen LogP contribution in [-0.2, 0) is 13.1 Å². The number of nitrogens with zero attached hydrogens (tertiary/aromatic N) is 2. The van der Waals surface area contributed by atoms with Crippen molar-refractivity contribution >= 4 is 37.5 Å². The molecule has 1 rings (SSSR count). The van der Waals surface area contributed by atoms with Crippen LogP contribution in [0.5, 0.6) is 0 Å². The fourth-order valence-corrected chi connectivity index (χ4v) is 3.78. The van der Waals surface area contributed by atoms with Crippen molar-refractivity contribution < 1.29 is 92.2 Å². The molecule has 248 valence electrons. The molecular weight excluding hydrogens is 715 g/mol. The minimum absolute atomic E-state index is 0.844. The van der Waals surface area contributed by atoms with Crippen LogP contribution in [0.25, 0.3) is 0 Å². The topological polar surface area (TPSA) is 9.86 Å². The van der Waals surface area contributed by atoms with Crippen molar-refractivity contribution in [3.8, 4) is 0 Å². The molecule has 0 unspecified atom stereocenters. The van der Waals surface area contributed by atoms with E-state index in [1.807, 2.05) is 0 Å².